The number of rotatable bonds is 3. The minimum absolute atomic E-state index is 1.35. The Morgan fingerprint density at radius 2 is 0.789 bits per heavy atom. The van der Waals surface area contributed by atoms with Gasteiger partial charge < -0.3 is 0 Å². The quantitative estimate of drug-likeness (QED) is 0.202. The molecule has 0 radical (unpaired) electrons. The molecule has 0 amide bonds. The minimum Gasteiger partial charge on any atom is -0.140 e. The summed E-state index contributed by atoms with van der Waals surface area (Å²) in [5.74, 6) is 0. The normalized spacial score (nSPS) is 11.9. The number of hydrogen-bond acceptors (Lipinski definition) is 4. The van der Waals surface area contributed by atoms with Crippen molar-refractivity contribution in [2.45, 2.75) is 13.8 Å². The first kappa shape index (κ1) is 22.7. The average Bonchev–Trinajstić information content (AvgIpc) is 3.68. The van der Waals surface area contributed by atoms with Crippen LogP contribution in [0.15, 0.2) is 97.1 Å². The molecule has 38 heavy (non-hydrogen) atoms. The lowest BCUT2D eigenvalue weighted by molar-refractivity contribution is 1.59. The average molecular weight is 559 g/mol. The van der Waals surface area contributed by atoms with E-state index in [4.69, 9.17) is 0 Å². The van der Waals surface area contributed by atoms with E-state index in [0.29, 0.717) is 0 Å². The summed E-state index contributed by atoms with van der Waals surface area (Å²) in [6.45, 7) is 4.59. The van der Waals surface area contributed by atoms with Gasteiger partial charge in [0, 0.05) is 66.3 Å². The van der Waals surface area contributed by atoms with E-state index in [9.17, 15) is 0 Å². The number of fused-ring (bicyclic) bond motifs is 4. The van der Waals surface area contributed by atoms with Gasteiger partial charge in [-0.1, -0.05) is 72.8 Å². The Morgan fingerprint density at radius 1 is 0.368 bits per heavy atom. The van der Waals surface area contributed by atoms with Crippen LogP contribution < -0.4 is 0 Å². The monoisotopic (exact) mass is 558 g/mol. The van der Waals surface area contributed by atoms with Gasteiger partial charge in [-0.2, -0.15) is 0 Å². The maximum absolute atomic E-state index is 2.32. The third-order valence-electron chi connectivity index (χ3n) is 7.49. The molecule has 4 aromatic heterocycles. The molecule has 0 aliphatic heterocycles. The molecule has 0 saturated carbocycles. The Labute approximate surface area is 237 Å². The molecule has 8 rings (SSSR count). The van der Waals surface area contributed by atoms with Crippen molar-refractivity contribution in [3.63, 3.8) is 0 Å². The topological polar surface area (TPSA) is 0 Å². The van der Waals surface area contributed by atoms with Crippen LogP contribution in [0.25, 0.3) is 71.7 Å². The summed E-state index contributed by atoms with van der Waals surface area (Å²) in [4.78, 5) is 5.57. The van der Waals surface area contributed by atoms with Crippen LogP contribution in [0.1, 0.15) is 10.4 Å². The first-order chi connectivity index (χ1) is 18.7. The van der Waals surface area contributed by atoms with Crippen LogP contribution in [0.4, 0.5) is 0 Å². The van der Waals surface area contributed by atoms with Crippen molar-refractivity contribution in [2.24, 2.45) is 0 Å². The highest BCUT2D eigenvalue weighted by Gasteiger charge is 2.26. The molecule has 0 bridgehead atoms. The van der Waals surface area contributed by atoms with E-state index in [2.05, 4.69) is 111 Å². The number of aryl methyl sites for hydroxylation is 2. The Balaban J connectivity index is 1.53. The van der Waals surface area contributed by atoms with Crippen LogP contribution in [-0.4, -0.2) is 0 Å². The van der Waals surface area contributed by atoms with E-state index in [0.717, 1.165) is 0 Å². The predicted octanol–water partition coefficient (Wildman–Crippen LogP) is 12.2. The summed E-state index contributed by atoms with van der Waals surface area (Å²) >= 11 is 7.74. The van der Waals surface area contributed by atoms with Gasteiger partial charge in [0.15, 0.2) is 0 Å². The summed E-state index contributed by atoms with van der Waals surface area (Å²) in [6, 6.07) is 35.7. The molecule has 0 saturated heterocycles. The van der Waals surface area contributed by atoms with E-state index < -0.39 is 0 Å². The standard InChI is InChI=1S/C34H22S4/c1-19-21-11-3-7-15-25(21)36-32(19)34-31(24-14-6-10-18-28(24)38-34)33-30(23-13-5-9-17-27(23)37-33)29-20(2)35-26-16-8-4-12-22(26)29/h3-18H,1-2H3. The highest BCUT2D eigenvalue weighted by molar-refractivity contribution is 7.30. The third kappa shape index (κ3) is 3.25. The second-order valence-corrected chi connectivity index (χ2v) is 14.1. The molecule has 4 heterocycles. The Hall–Kier alpha value is -3.28. The van der Waals surface area contributed by atoms with Crippen LogP contribution >= 0.6 is 45.3 Å². The molecule has 0 N–H and O–H groups in total. The molecule has 0 aliphatic rings. The number of hydrogen-bond donors (Lipinski definition) is 0. The summed E-state index contributed by atoms with van der Waals surface area (Å²) in [7, 11) is 0. The van der Waals surface area contributed by atoms with Crippen LogP contribution in [0.5, 0.6) is 0 Å². The van der Waals surface area contributed by atoms with Gasteiger partial charge in [-0.3, -0.25) is 0 Å². The van der Waals surface area contributed by atoms with Crippen molar-refractivity contribution >= 4 is 85.7 Å². The lowest BCUT2D eigenvalue weighted by atomic mass is 9.95. The van der Waals surface area contributed by atoms with Gasteiger partial charge in [0.2, 0.25) is 0 Å². The van der Waals surface area contributed by atoms with Crippen molar-refractivity contribution < 1.29 is 0 Å². The third-order valence-corrected chi connectivity index (χ3v) is 12.4. The van der Waals surface area contributed by atoms with Crippen LogP contribution in [-0.2, 0) is 0 Å². The molecule has 0 unspecified atom stereocenters. The van der Waals surface area contributed by atoms with E-state index >= 15 is 0 Å². The van der Waals surface area contributed by atoms with Crippen LogP contribution in [0, 0.1) is 13.8 Å². The van der Waals surface area contributed by atoms with E-state index in [1.165, 1.54) is 82.1 Å². The SMILES string of the molecule is Cc1sc2ccccc2c1-c1c(-c2c(-c3sc4ccccc4c3C)sc3ccccc23)sc2ccccc12. The fourth-order valence-corrected chi connectivity index (χ4v) is 10.8. The van der Waals surface area contributed by atoms with Gasteiger partial charge in [-0.15, -0.1) is 45.3 Å². The highest BCUT2D eigenvalue weighted by atomic mass is 32.1. The minimum atomic E-state index is 1.35. The first-order valence-corrected chi connectivity index (χ1v) is 16.0. The molecule has 0 aliphatic carbocycles. The number of thiophene rings is 4. The smallest absolute Gasteiger partial charge is 0.0545 e. The molecule has 4 heteroatoms. The molecule has 182 valence electrons. The summed E-state index contributed by atoms with van der Waals surface area (Å²) in [5.41, 5.74) is 5.57. The molecule has 0 fully saturated rings. The molecule has 0 spiro atoms. The van der Waals surface area contributed by atoms with Crippen molar-refractivity contribution in [3.8, 4) is 31.3 Å². The van der Waals surface area contributed by atoms with E-state index in [1.807, 2.05) is 45.3 Å². The molecule has 4 aromatic carbocycles. The fourth-order valence-electron chi connectivity index (χ4n) is 5.77. The largest absolute Gasteiger partial charge is 0.140 e. The van der Waals surface area contributed by atoms with Crippen molar-refractivity contribution in [2.75, 3.05) is 0 Å². The Kier molecular flexibility index (Phi) is 5.14. The fraction of sp³-hybridized carbons (Fsp3) is 0.0588. The van der Waals surface area contributed by atoms with Gasteiger partial charge >= 0.3 is 0 Å². The summed E-state index contributed by atoms with van der Waals surface area (Å²) in [6.07, 6.45) is 0. The first-order valence-electron chi connectivity index (χ1n) is 12.7. The lowest BCUT2D eigenvalue weighted by Gasteiger charge is -2.09. The Bertz CT molecular complexity index is 2160. The lowest BCUT2D eigenvalue weighted by Crippen LogP contribution is -1.83. The summed E-state index contributed by atoms with van der Waals surface area (Å²) in [5, 5.41) is 5.44. The molecular weight excluding hydrogens is 537 g/mol. The maximum Gasteiger partial charge on any atom is 0.0545 e. The van der Waals surface area contributed by atoms with Gasteiger partial charge in [-0.05, 0) is 49.1 Å². The Morgan fingerprint density at radius 3 is 1.39 bits per heavy atom. The van der Waals surface area contributed by atoms with Crippen molar-refractivity contribution in [1.29, 1.82) is 0 Å². The molecule has 8 aromatic rings. The molecule has 0 nitrogen and oxygen atoms in total. The van der Waals surface area contributed by atoms with Crippen LogP contribution in [0.3, 0.4) is 0 Å². The van der Waals surface area contributed by atoms with Gasteiger partial charge in [0.1, 0.15) is 0 Å². The summed E-state index contributed by atoms with van der Waals surface area (Å²) < 4.78 is 5.42. The van der Waals surface area contributed by atoms with Gasteiger partial charge in [-0.25, -0.2) is 0 Å². The van der Waals surface area contributed by atoms with Gasteiger partial charge in [0.05, 0.1) is 4.88 Å². The molecule has 0 atom stereocenters. The second kappa shape index (κ2) is 8.62. The zero-order valence-corrected chi connectivity index (χ0v) is 24.1. The second-order valence-electron chi connectivity index (χ2n) is 9.69. The van der Waals surface area contributed by atoms with E-state index in [-0.39, 0.29) is 0 Å². The van der Waals surface area contributed by atoms with Gasteiger partial charge in [0.25, 0.3) is 0 Å². The predicted molar refractivity (Wildman–Crippen MR) is 174 cm³/mol. The number of benzene rings is 4. The maximum atomic E-state index is 2.32. The highest BCUT2D eigenvalue weighted by Crippen LogP contribution is 2.56. The van der Waals surface area contributed by atoms with Crippen LogP contribution in [0.2, 0.25) is 0 Å². The zero-order valence-electron chi connectivity index (χ0n) is 20.9. The van der Waals surface area contributed by atoms with E-state index in [1.54, 1.807) is 0 Å². The zero-order chi connectivity index (χ0) is 25.4. The van der Waals surface area contributed by atoms with Crippen molar-refractivity contribution in [1.82, 2.24) is 0 Å². The van der Waals surface area contributed by atoms with Crippen molar-refractivity contribution in [3.05, 3.63) is 108 Å². The molecular formula is C34H22S4.